The van der Waals surface area contributed by atoms with E-state index < -0.39 is 0 Å². The predicted molar refractivity (Wildman–Crippen MR) is 69.6 cm³/mol. The number of amides is 1. The number of nitrogens with one attached hydrogen (secondary N) is 1. The third-order valence-corrected chi connectivity index (χ3v) is 4.27. The Kier molecular flexibility index (Phi) is 3.10. The van der Waals surface area contributed by atoms with Gasteiger partial charge in [0.25, 0.3) is 5.91 Å². The van der Waals surface area contributed by atoms with Gasteiger partial charge in [0.1, 0.15) is 0 Å². The number of nitrogens with zero attached hydrogens (tertiary/aromatic N) is 2. The molecule has 0 saturated heterocycles. The van der Waals surface area contributed by atoms with Crippen molar-refractivity contribution in [2.45, 2.75) is 57.4 Å². The summed E-state index contributed by atoms with van der Waals surface area (Å²) in [5.74, 6) is 0.0423. The Morgan fingerprint density at radius 3 is 2.78 bits per heavy atom. The SMILES string of the molecule is Cn1nc(C(=O)NC2CCCCC2)c2c1CCC2. The molecular weight excluding hydrogens is 226 g/mol. The number of aromatic nitrogens is 2. The zero-order valence-corrected chi connectivity index (χ0v) is 11.0. The number of hydrogen-bond donors (Lipinski definition) is 1. The Labute approximate surface area is 108 Å². The summed E-state index contributed by atoms with van der Waals surface area (Å²) in [7, 11) is 1.95. The van der Waals surface area contributed by atoms with Gasteiger partial charge in [0.15, 0.2) is 5.69 Å². The standard InChI is InChI=1S/C14H21N3O/c1-17-12-9-5-8-11(12)13(16-17)14(18)15-10-6-3-2-4-7-10/h10H,2-9H2,1H3,(H,15,18). The molecule has 0 unspecified atom stereocenters. The first kappa shape index (κ1) is 11.8. The number of carbonyl (C=O) groups is 1. The zero-order chi connectivity index (χ0) is 12.5. The average molecular weight is 247 g/mol. The second kappa shape index (κ2) is 4.75. The molecule has 2 aliphatic carbocycles. The van der Waals surface area contributed by atoms with E-state index in [-0.39, 0.29) is 5.91 Å². The quantitative estimate of drug-likeness (QED) is 0.868. The van der Waals surface area contributed by atoms with E-state index in [1.54, 1.807) is 0 Å². The van der Waals surface area contributed by atoms with Crippen LogP contribution in [0.1, 0.15) is 60.3 Å². The number of carbonyl (C=O) groups excluding carboxylic acids is 1. The molecule has 1 fully saturated rings. The van der Waals surface area contributed by atoms with Gasteiger partial charge in [0.05, 0.1) is 0 Å². The van der Waals surface area contributed by atoms with Gasteiger partial charge in [-0.05, 0) is 32.1 Å². The Bertz CT molecular complexity index is 458. The van der Waals surface area contributed by atoms with E-state index in [9.17, 15) is 4.79 Å². The van der Waals surface area contributed by atoms with Crippen LogP contribution in [0.4, 0.5) is 0 Å². The second-order valence-electron chi connectivity index (χ2n) is 5.56. The molecule has 1 heterocycles. The van der Waals surface area contributed by atoms with Gasteiger partial charge < -0.3 is 5.32 Å². The minimum absolute atomic E-state index is 0.0423. The molecule has 98 valence electrons. The summed E-state index contributed by atoms with van der Waals surface area (Å²) in [6.07, 6.45) is 9.28. The molecule has 18 heavy (non-hydrogen) atoms. The van der Waals surface area contributed by atoms with Gasteiger partial charge >= 0.3 is 0 Å². The van der Waals surface area contributed by atoms with Crippen molar-refractivity contribution in [3.63, 3.8) is 0 Å². The molecule has 4 nitrogen and oxygen atoms in total. The molecule has 0 aliphatic heterocycles. The molecule has 1 aromatic rings. The van der Waals surface area contributed by atoms with Gasteiger partial charge in [-0.25, -0.2) is 0 Å². The molecule has 1 N–H and O–H groups in total. The van der Waals surface area contributed by atoms with Gasteiger partial charge in [-0.3, -0.25) is 9.48 Å². The summed E-state index contributed by atoms with van der Waals surface area (Å²) in [4.78, 5) is 12.3. The Morgan fingerprint density at radius 2 is 2.00 bits per heavy atom. The van der Waals surface area contributed by atoms with E-state index in [0.29, 0.717) is 11.7 Å². The van der Waals surface area contributed by atoms with Crippen LogP contribution in [0.3, 0.4) is 0 Å². The first-order chi connectivity index (χ1) is 8.75. The molecule has 0 aromatic carbocycles. The van der Waals surface area contributed by atoms with Crippen molar-refractivity contribution in [2.75, 3.05) is 0 Å². The van der Waals surface area contributed by atoms with Crippen LogP contribution in [0.25, 0.3) is 0 Å². The van der Waals surface area contributed by atoms with E-state index in [4.69, 9.17) is 0 Å². The maximum Gasteiger partial charge on any atom is 0.272 e. The highest BCUT2D eigenvalue weighted by molar-refractivity contribution is 5.94. The van der Waals surface area contributed by atoms with Crippen molar-refractivity contribution in [1.82, 2.24) is 15.1 Å². The summed E-state index contributed by atoms with van der Waals surface area (Å²) in [6.45, 7) is 0. The number of fused-ring (bicyclic) bond motifs is 1. The normalized spacial score (nSPS) is 19.8. The molecule has 4 heteroatoms. The largest absolute Gasteiger partial charge is 0.348 e. The molecule has 1 saturated carbocycles. The van der Waals surface area contributed by atoms with Gasteiger partial charge in [0, 0.05) is 24.3 Å². The Morgan fingerprint density at radius 1 is 1.22 bits per heavy atom. The fraction of sp³-hybridized carbons (Fsp3) is 0.714. The van der Waals surface area contributed by atoms with Crippen LogP contribution in [0.15, 0.2) is 0 Å². The van der Waals surface area contributed by atoms with E-state index in [1.165, 1.54) is 30.5 Å². The highest BCUT2D eigenvalue weighted by Crippen LogP contribution is 2.25. The van der Waals surface area contributed by atoms with Crippen LogP contribution in [-0.4, -0.2) is 21.7 Å². The van der Waals surface area contributed by atoms with Crippen LogP contribution >= 0.6 is 0 Å². The van der Waals surface area contributed by atoms with Crippen LogP contribution in [0.2, 0.25) is 0 Å². The maximum absolute atomic E-state index is 12.3. The molecule has 0 atom stereocenters. The molecule has 3 rings (SSSR count). The Hall–Kier alpha value is -1.32. The van der Waals surface area contributed by atoms with Gasteiger partial charge in [-0.2, -0.15) is 5.10 Å². The lowest BCUT2D eigenvalue weighted by molar-refractivity contribution is 0.0921. The summed E-state index contributed by atoms with van der Waals surface area (Å²) in [5.41, 5.74) is 3.12. The van der Waals surface area contributed by atoms with Crippen molar-refractivity contribution in [3.8, 4) is 0 Å². The molecule has 1 aromatic heterocycles. The molecule has 1 amide bonds. The molecule has 0 radical (unpaired) electrons. The fourth-order valence-corrected chi connectivity index (χ4v) is 3.29. The monoisotopic (exact) mass is 247 g/mol. The van der Waals surface area contributed by atoms with Crippen LogP contribution in [0, 0.1) is 0 Å². The second-order valence-corrected chi connectivity index (χ2v) is 5.56. The smallest absolute Gasteiger partial charge is 0.272 e. The van der Waals surface area contributed by atoms with Gasteiger partial charge in [0.2, 0.25) is 0 Å². The lowest BCUT2D eigenvalue weighted by atomic mass is 9.95. The molecule has 0 bridgehead atoms. The molecule has 0 spiro atoms. The lowest BCUT2D eigenvalue weighted by Gasteiger charge is -2.22. The first-order valence-electron chi connectivity index (χ1n) is 7.11. The summed E-state index contributed by atoms with van der Waals surface area (Å²) >= 11 is 0. The fourth-order valence-electron chi connectivity index (χ4n) is 3.29. The topological polar surface area (TPSA) is 46.9 Å². The van der Waals surface area contributed by atoms with E-state index in [0.717, 1.165) is 32.1 Å². The van der Waals surface area contributed by atoms with E-state index in [2.05, 4.69) is 10.4 Å². The number of rotatable bonds is 2. The number of hydrogen-bond acceptors (Lipinski definition) is 2. The lowest BCUT2D eigenvalue weighted by Crippen LogP contribution is -2.36. The van der Waals surface area contributed by atoms with Gasteiger partial charge in [-0.1, -0.05) is 19.3 Å². The van der Waals surface area contributed by atoms with E-state index >= 15 is 0 Å². The average Bonchev–Trinajstić information content (AvgIpc) is 2.95. The van der Waals surface area contributed by atoms with Crippen LogP contribution < -0.4 is 5.32 Å². The van der Waals surface area contributed by atoms with E-state index in [1.807, 2.05) is 11.7 Å². The van der Waals surface area contributed by atoms with Crippen molar-refractivity contribution in [2.24, 2.45) is 7.05 Å². The third-order valence-electron chi connectivity index (χ3n) is 4.27. The van der Waals surface area contributed by atoms with Crippen molar-refractivity contribution < 1.29 is 4.79 Å². The first-order valence-corrected chi connectivity index (χ1v) is 7.11. The minimum Gasteiger partial charge on any atom is -0.348 e. The molecule has 2 aliphatic rings. The summed E-state index contributed by atoms with van der Waals surface area (Å²) < 4.78 is 1.89. The van der Waals surface area contributed by atoms with Crippen molar-refractivity contribution >= 4 is 5.91 Å². The van der Waals surface area contributed by atoms with Crippen molar-refractivity contribution in [3.05, 3.63) is 17.0 Å². The third kappa shape index (κ3) is 2.04. The summed E-state index contributed by atoms with van der Waals surface area (Å²) in [5, 5.41) is 7.57. The van der Waals surface area contributed by atoms with Crippen LogP contribution in [-0.2, 0) is 19.9 Å². The highest BCUT2D eigenvalue weighted by Gasteiger charge is 2.26. The zero-order valence-electron chi connectivity index (χ0n) is 11.0. The minimum atomic E-state index is 0.0423. The van der Waals surface area contributed by atoms with Gasteiger partial charge in [-0.15, -0.1) is 0 Å². The molecular formula is C14H21N3O. The number of aryl methyl sites for hydroxylation is 1. The van der Waals surface area contributed by atoms with Crippen LogP contribution in [0.5, 0.6) is 0 Å². The maximum atomic E-state index is 12.3. The van der Waals surface area contributed by atoms with Crippen molar-refractivity contribution in [1.29, 1.82) is 0 Å². The Balaban J connectivity index is 1.74. The predicted octanol–water partition coefficient (Wildman–Crippen LogP) is 1.97. The highest BCUT2D eigenvalue weighted by atomic mass is 16.2. The summed E-state index contributed by atoms with van der Waals surface area (Å²) in [6, 6.07) is 0.366.